The van der Waals surface area contributed by atoms with Gasteiger partial charge in [0.25, 0.3) is 0 Å². The molecule has 0 spiro atoms. The van der Waals surface area contributed by atoms with Gasteiger partial charge in [0.15, 0.2) is 0 Å². The van der Waals surface area contributed by atoms with E-state index >= 15 is 0 Å². The third-order valence-corrected chi connectivity index (χ3v) is 2.81. The highest BCUT2D eigenvalue weighted by Crippen LogP contribution is 2.06. The van der Waals surface area contributed by atoms with Crippen LogP contribution < -0.4 is 10.6 Å². The summed E-state index contributed by atoms with van der Waals surface area (Å²) in [5, 5.41) is 5.32. The van der Waals surface area contributed by atoms with Crippen LogP contribution in [0, 0.1) is 0 Å². The SMILES string of the molecule is CC(C)(C)OC(=O)NCCC(=O)NCc1cnc2nccn2c1. The lowest BCUT2D eigenvalue weighted by Gasteiger charge is -2.19. The van der Waals surface area contributed by atoms with Crippen LogP contribution >= 0.6 is 0 Å². The monoisotopic (exact) mass is 319 g/mol. The average Bonchev–Trinajstić information content (AvgIpc) is 2.90. The fourth-order valence-electron chi connectivity index (χ4n) is 1.83. The van der Waals surface area contributed by atoms with Crippen molar-refractivity contribution in [2.24, 2.45) is 0 Å². The second-order valence-electron chi connectivity index (χ2n) is 6.05. The molecule has 124 valence electrons. The van der Waals surface area contributed by atoms with Crippen molar-refractivity contribution in [3.05, 3.63) is 30.4 Å². The largest absolute Gasteiger partial charge is 0.444 e. The van der Waals surface area contributed by atoms with Crippen LogP contribution in [0.3, 0.4) is 0 Å². The summed E-state index contributed by atoms with van der Waals surface area (Å²) in [5.74, 6) is 0.452. The molecular formula is C15H21N5O3. The first kappa shape index (κ1) is 16.7. The van der Waals surface area contributed by atoms with E-state index in [1.54, 1.807) is 43.8 Å². The number of fused-ring (bicyclic) bond motifs is 1. The molecule has 0 radical (unpaired) electrons. The van der Waals surface area contributed by atoms with Crippen molar-refractivity contribution < 1.29 is 14.3 Å². The molecular weight excluding hydrogens is 298 g/mol. The van der Waals surface area contributed by atoms with Gasteiger partial charge in [0.2, 0.25) is 11.7 Å². The molecule has 0 aliphatic heterocycles. The normalized spacial score (nSPS) is 11.3. The number of alkyl carbamates (subject to hydrolysis) is 1. The molecule has 0 aromatic carbocycles. The van der Waals surface area contributed by atoms with E-state index in [0.717, 1.165) is 5.56 Å². The Morgan fingerprint density at radius 3 is 2.78 bits per heavy atom. The minimum atomic E-state index is -0.550. The predicted molar refractivity (Wildman–Crippen MR) is 83.7 cm³/mol. The Morgan fingerprint density at radius 1 is 1.26 bits per heavy atom. The van der Waals surface area contributed by atoms with Crippen LogP contribution in [0.1, 0.15) is 32.8 Å². The highest BCUT2D eigenvalue weighted by Gasteiger charge is 2.15. The summed E-state index contributed by atoms with van der Waals surface area (Å²) >= 11 is 0. The second-order valence-corrected chi connectivity index (χ2v) is 6.05. The minimum Gasteiger partial charge on any atom is -0.444 e. The van der Waals surface area contributed by atoms with Crippen LogP contribution in [-0.2, 0) is 16.1 Å². The number of nitrogens with zero attached hydrogens (tertiary/aromatic N) is 3. The van der Waals surface area contributed by atoms with E-state index in [-0.39, 0.29) is 18.9 Å². The Labute approximate surface area is 134 Å². The molecule has 23 heavy (non-hydrogen) atoms. The molecule has 0 saturated heterocycles. The third-order valence-electron chi connectivity index (χ3n) is 2.81. The second kappa shape index (κ2) is 7.08. The van der Waals surface area contributed by atoms with Crippen molar-refractivity contribution in [1.29, 1.82) is 0 Å². The maximum atomic E-state index is 11.8. The molecule has 8 nitrogen and oxygen atoms in total. The number of nitrogens with one attached hydrogen (secondary N) is 2. The van der Waals surface area contributed by atoms with Crippen LogP contribution in [-0.4, -0.2) is 38.5 Å². The fourth-order valence-corrected chi connectivity index (χ4v) is 1.83. The summed E-state index contributed by atoms with van der Waals surface area (Å²) in [7, 11) is 0. The maximum Gasteiger partial charge on any atom is 0.407 e. The van der Waals surface area contributed by atoms with Crippen LogP contribution in [0.25, 0.3) is 5.78 Å². The lowest BCUT2D eigenvalue weighted by Crippen LogP contribution is -2.35. The van der Waals surface area contributed by atoms with E-state index in [2.05, 4.69) is 20.6 Å². The predicted octanol–water partition coefficient (Wildman–Crippen LogP) is 1.26. The molecule has 0 aliphatic carbocycles. The van der Waals surface area contributed by atoms with Gasteiger partial charge in [0, 0.05) is 49.9 Å². The number of ether oxygens (including phenoxy) is 1. The lowest BCUT2D eigenvalue weighted by atomic mass is 10.2. The van der Waals surface area contributed by atoms with Crippen molar-refractivity contribution in [1.82, 2.24) is 25.0 Å². The van der Waals surface area contributed by atoms with Crippen molar-refractivity contribution >= 4 is 17.8 Å². The summed E-state index contributed by atoms with van der Waals surface area (Å²) < 4.78 is 6.87. The average molecular weight is 319 g/mol. The highest BCUT2D eigenvalue weighted by atomic mass is 16.6. The van der Waals surface area contributed by atoms with Crippen LogP contribution in [0.2, 0.25) is 0 Å². The molecule has 0 bridgehead atoms. The number of aromatic nitrogens is 3. The van der Waals surface area contributed by atoms with Crippen LogP contribution in [0.15, 0.2) is 24.8 Å². The number of imidazole rings is 1. The molecule has 2 aromatic heterocycles. The highest BCUT2D eigenvalue weighted by molar-refractivity contribution is 5.77. The molecule has 0 saturated carbocycles. The number of carbonyl (C=O) groups is 2. The standard InChI is InChI=1S/C15H21N5O3/c1-15(2,3)23-14(22)17-5-4-12(21)18-8-11-9-19-13-16-6-7-20(13)10-11/h6-7,9-10H,4-5,8H2,1-3H3,(H,17,22)(H,18,21). The lowest BCUT2D eigenvalue weighted by molar-refractivity contribution is -0.121. The number of carbonyl (C=O) groups excluding carboxylic acids is 2. The summed E-state index contributed by atoms with van der Waals surface area (Å²) in [6, 6.07) is 0. The Hall–Kier alpha value is -2.64. The Kier molecular flexibility index (Phi) is 5.15. The number of hydrogen-bond acceptors (Lipinski definition) is 5. The van der Waals surface area contributed by atoms with Gasteiger partial charge in [-0.3, -0.25) is 9.20 Å². The smallest absolute Gasteiger partial charge is 0.407 e. The molecule has 2 heterocycles. The first-order chi connectivity index (χ1) is 10.8. The molecule has 2 amide bonds. The van der Waals surface area contributed by atoms with E-state index in [1.807, 2.05) is 6.20 Å². The van der Waals surface area contributed by atoms with Gasteiger partial charge in [-0.05, 0) is 20.8 Å². The zero-order valence-electron chi connectivity index (χ0n) is 13.5. The third kappa shape index (κ3) is 5.57. The van der Waals surface area contributed by atoms with Crippen LogP contribution in [0.4, 0.5) is 4.79 Å². The first-order valence-electron chi connectivity index (χ1n) is 7.35. The number of rotatable bonds is 5. The molecule has 2 aromatic rings. The maximum absolute atomic E-state index is 11.8. The van der Waals surface area contributed by atoms with Gasteiger partial charge in [0.1, 0.15) is 5.60 Å². The minimum absolute atomic E-state index is 0.160. The van der Waals surface area contributed by atoms with E-state index in [9.17, 15) is 9.59 Å². The molecule has 0 fully saturated rings. The molecule has 0 atom stereocenters. The van der Waals surface area contributed by atoms with Gasteiger partial charge in [-0.2, -0.15) is 0 Å². The number of hydrogen-bond donors (Lipinski definition) is 2. The zero-order valence-corrected chi connectivity index (χ0v) is 13.5. The Bertz CT molecular complexity index is 690. The van der Waals surface area contributed by atoms with Crippen LogP contribution in [0.5, 0.6) is 0 Å². The van der Waals surface area contributed by atoms with Crippen molar-refractivity contribution in [2.45, 2.75) is 39.3 Å². The van der Waals surface area contributed by atoms with Gasteiger partial charge in [-0.15, -0.1) is 0 Å². The van der Waals surface area contributed by atoms with Crippen molar-refractivity contribution in [3.8, 4) is 0 Å². The molecule has 2 rings (SSSR count). The van der Waals surface area contributed by atoms with Gasteiger partial charge in [0.05, 0.1) is 0 Å². The van der Waals surface area contributed by atoms with E-state index in [0.29, 0.717) is 12.3 Å². The van der Waals surface area contributed by atoms with Gasteiger partial charge in [-0.25, -0.2) is 14.8 Å². The molecule has 0 aliphatic rings. The summed E-state index contributed by atoms with van der Waals surface area (Å²) in [4.78, 5) is 31.4. The summed E-state index contributed by atoms with van der Waals surface area (Å²) in [6.07, 6.45) is 6.63. The summed E-state index contributed by atoms with van der Waals surface area (Å²) in [6.45, 7) is 5.94. The first-order valence-corrected chi connectivity index (χ1v) is 7.35. The topological polar surface area (TPSA) is 97.6 Å². The van der Waals surface area contributed by atoms with Gasteiger partial charge >= 0.3 is 6.09 Å². The Balaban J connectivity index is 1.69. The molecule has 8 heteroatoms. The van der Waals surface area contributed by atoms with Gasteiger partial charge in [-0.1, -0.05) is 0 Å². The Morgan fingerprint density at radius 2 is 2.04 bits per heavy atom. The van der Waals surface area contributed by atoms with E-state index in [4.69, 9.17) is 4.74 Å². The number of amides is 2. The van der Waals surface area contributed by atoms with E-state index in [1.165, 1.54) is 0 Å². The van der Waals surface area contributed by atoms with E-state index < -0.39 is 11.7 Å². The van der Waals surface area contributed by atoms with Crippen molar-refractivity contribution in [2.75, 3.05) is 6.54 Å². The fraction of sp³-hybridized carbons (Fsp3) is 0.467. The van der Waals surface area contributed by atoms with Crippen molar-refractivity contribution in [3.63, 3.8) is 0 Å². The zero-order chi connectivity index (χ0) is 16.9. The van der Waals surface area contributed by atoms with Gasteiger partial charge < -0.3 is 15.4 Å². The quantitative estimate of drug-likeness (QED) is 0.864. The molecule has 0 unspecified atom stereocenters. The summed E-state index contributed by atoms with van der Waals surface area (Å²) in [5.41, 5.74) is 0.314. The molecule has 2 N–H and O–H groups in total.